The number of fused-ring (bicyclic) bond motifs is 3. The van der Waals surface area contributed by atoms with Gasteiger partial charge in [0.15, 0.2) is 0 Å². The molecular formula is C40H32N2. The Morgan fingerprint density at radius 3 is 1.98 bits per heavy atom. The molecule has 0 bridgehead atoms. The van der Waals surface area contributed by atoms with E-state index in [0.29, 0.717) is 5.71 Å². The van der Waals surface area contributed by atoms with Crippen molar-refractivity contribution in [2.45, 2.75) is 6.92 Å². The van der Waals surface area contributed by atoms with Crippen molar-refractivity contribution in [3.8, 4) is 22.3 Å². The van der Waals surface area contributed by atoms with Gasteiger partial charge < -0.3 is 11.1 Å². The Bertz CT molecular complexity index is 2070. The van der Waals surface area contributed by atoms with Crippen LogP contribution >= 0.6 is 0 Å². The van der Waals surface area contributed by atoms with E-state index in [-0.39, 0.29) is 0 Å². The minimum absolute atomic E-state index is 0.420. The van der Waals surface area contributed by atoms with Gasteiger partial charge in [-0.2, -0.15) is 0 Å². The Morgan fingerprint density at radius 2 is 1.26 bits per heavy atom. The van der Waals surface area contributed by atoms with Crippen molar-refractivity contribution in [3.05, 3.63) is 169 Å². The second-order valence-electron chi connectivity index (χ2n) is 10.4. The quantitative estimate of drug-likeness (QED) is 0.118. The second kappa shape index (κ2) is 11.6. The molecule has 6 aromatic carbocycles. The Morgan fingerprint density at radius 1 is 0.619 bits per heavy atom. The normalized spacial score (nSPS) is 12.2. The third kappa shape index (κ3) is 4.95. The fourth-order valence-corrected chi connectivity index (χ4v) is 5.79. The maximum Gasteiger partial charge on any atom is 0.0612 e. The highest BCUT2D eigenvalue weighted by atomic mass is 14.5. The van der Waals surface area contributed by atoms with Crippen LogP contribution in [0.1, 0.15) is 12.5 Å². The highest BCUT2D eigenvalue weighted by Gasteiger charge is 2.17. The minimum Gasteiger partial charge on any atom is -0.405 e. The summed E-state index contributed by atoms with van der Waals surface area (Å²) in [6.07, 6.45) is 8.97. The maximum atomic E-state index is 8.97. The summed E-state index contributed by atoms with van der Waals surface area (Å²) in [4.78, 5) is 0. The smallest absolute Gasteiger partial charge is 0.0612 e. The molecule has 6 aromatic rings. The zero-order valence-corrected chi connectivity index (χ0v) is 23.6. The summed E-state index contributed by atoms with van der Waals surface area (Å²) in [5.41, 5.74) is 13.3. The van der Waals surface area contributed by atoms with E-state index in [1.165, 1.54) is 44.4 Å². The lowest BCUT2D eigenvalue weighted by atomic mass is 9.84. The molecule has 0 aliphatic rings. The highest BCUT2D eigenvalue weighted by Crippen LogP contribution is 2.44. The number of nitrogens with one attached hydrogen (secondary N) is 1. The monoisotopic (exact) mass is 540 g/mol. The first-order chi connectivity index (χ1) is 20.6. The molecule has 0 fully saturated rings. The SMILES string of the molecule is C=C(/C=C\C(=N)c1ccc2c(-c3ccccc3)c3ccccc3c(-c3ccc4ccccc4c3)c2c1)C(/C=C\N)=C/C. The first-order valence-electron chi connectivity index (χ1n) is 14.1. The molecule has 3 N–H and O–H groups in total. The van der Waals surface area contributed by atoms with Crippen LogP contribution < -0.4 is 5.73 Å². The van der Waals surface area contributed by atoms with Gasteiger partial charge in [-0.15, -0.1) is 0 Å². The van der Waals surface area contributed by atoms with Crippen molar-refractivity contribution < 1.29 is 0 Å². The van der Waals surface area contributed by atoms with Crippen LogP contribution in [-0.2, 0) is 0 Å². The summed E-state index contributed by atoms with van der Waals surface area (Å²) in [6.45, 7) is 6.11. The number of nitrogens with two attached hydrogens (primary N) is 1. The van der Waals surface area contributed by atoms with E-state index >= 15 is 0 Å². The van der Waals surface area contributed by atoms with Crippen LogP contribution in [0.5, 0.6) is 0 Å². The molecule has 202 valence electrons. The standard InChI is InChI=1S/C40H32N2/c1-3-28(23-24-41)27(2)17-22-38(42)32-20-21-36-37(26-32)40(33-19-18-29-11-7-8-14-31(29)25-33)35-16-10-9-15-34(35)39(36)30-12-5-4-6-13-30/h3-26,42H,2,41H2,1H3/b22-17-,24-23-,28-3+,42-38?. The molecule has 0 radical (unpaired) electrons. The predicted molar refractivity (Wildman–Crippen MR) is 182 cm³/mol. The molecular weight excluding hydrogens is 508 g/mol. The van der Waals surface area contributed by atoms with Crippen LogP contribution in [0.15, 0.2) is 163 Å². The lowest BCUT2D eigenvalue weighted by Gasteiger charge is -2.19. The molecule has 6 rings (SSSR count). The van der Waals surface area contributed by atoms with Gasteiger partial charge in [-0.3, -0.25) is 0 Å². The maximum absolute atomic E-state index is 8.97. The van der Waals surface area contributed by atoms with Crippen molar-refractivity contribution in [3.63, 3.8) is 0 Å². The summed E-state index contributed by atoms with van der Waals surface area (Å²) in [5.74, 6) is 0. The number of benzene rings is 6. The van der Waals surface area contributed by atoms with E-state index in [1.807, 2.05) is 31.2 Å². The molecule has 0 heterocycles. The average Bonchev–Trinajstić information content (AvgIpc) is 3.04. The molecule has 0 aliphatic carbocycles. The van der Waals surface area contributed by atoms with Crippen LogP contribution in [-0.4, -0.2) is 5.71 Å². The van der Waals surface area contributed by atoms with Crippen molar-refractivity contribution in [2.75, 3.05) is 0 Å². The van der Waals surface area contributed by atoms with Gasteiger partial charge in [0, 0.05) is 5.56 Å². The molecule has 0 atom stereocenters. The molecule has 0 aromatic heterocycles. The van der Waals surface area contributed by atoms with Crippen LogP contribution in [0.2, 0.25) is 0 Å². The average molecular weight is 541 g/mol. The first kappa shape index (κ1) is 26.7. The van der Waals surface area contributed by atoms with Gasteiger partial charge >= 0.3 is 0 Å². The van der Waals surface area contributed by atoms with Gasteiger partial charge in [-0.05, 0) is 103 Å². The lowest BCUT2D eigenvalue weighted by molar-refractivity contribution is 1.47. The summed E-state index contributed by atoms with van der Waals surface area (Å²) < 4.78 is 0. The number of rotatable bonds is 7. The molecule has 0 unspecified atom stereocenters. The third-order valence-corrected chi connectivity index (χ3v) is 7.84. The molecule has 2 nitrogen and oxygen atoms in total. The van der Waals surface area contributed by atoms with Gasteiger partial charge in [0.2, 0.25) is 0 Å². The fraction of sp³-hybridized carbons (Fsp3) is 0.0250. The molecule has 42 heavy (non-hydrogen) atoms. The van der Waals surface area contributed by atoms with Gasteiger partial charge in [0.25, 0.3) is 0 Å². The molecule has 2 heteroatoms. The van der Waals surface area contributed by atoms with Crippen molar-refractivity contribution >= 4 is 38.0 Å². The van der Waals surface area contributed by atoms with Crippen LogP contribution in [0.3, 0.4) is 0 Å². The van der Waals surface area contributed by atoms with Crippen molar-refractivity contribution in [1.82, 2.24) is 0 Å². The Labute approximate surface area is 247 Å². The van der Waals surface area contributed by atoms with Crippen molar-refractivity contribution in [2.24, 2.45) is 5.73 Å². The summed E-state index contributed by atoms with van der Waals surface area (Å²) in [5, 5.41) is 16.1. The van der Waals surface area contributed by atoms with Gasteiger partial charge in [-0.1, -0.05) is 122 Å². The topological polar surface area (TPSA) is 49.9 Å². The van der Waals surface area contributed by atoms with Crippen LogP contribution in [0, 0.1) is 5.41 Å². The van der Waals surface area contributed by atoms with Crippen LogP contribution in [0.25, 0.3) is 54.6 Å². The molecule has 0 aliphatic heterocycles. The van der Waals surface area contributed by atoms with E-state index in [2.05, 4.69) is 122 Å². The van der Waals surface area contributed by atoms with Gasteiger partial charge in [0.05, 0.1) is 5.71 Å². The van der Waals surface area contributed by atoms with E-state index < -0.39 is 0 Å². The minimum atomic E-state index is 0.420. The van der Waals surface area contributed by atoms with Gasteiger partial charge in [-0.25, -0.2) is 0 Å². The van der Waals surface area contributed by atoms with E-state index in [9.17, 15) is 0 Å². The zero-order chi connectivity index (χ0) is 29.1. The summed E-state index contributed by atoms with van der Waals surface area (Å²) >= 11 is 0. The van der Waals surface area contributed by atoms with E-state index in [0.717, 1.165) is 33.0 Å². The summed E-state index contributed by atoms with van der Waals surface area (Å²) in [6, 6.07) is 40.8. The summed E-state index contributed by atoms with van der Waals surface area (Å²) in [7, 11) is 0. The number of hydrogen-bond donors (Lipinski definition) is 2. The van der Waals surface area contributed by atoms with E-state index in [1.54, 1.807) is 0 Å². The van der Waals surface area contributed by atoms with E-state index in [4.69, 9.17) is 11.1 Å². The fourth-order valence-electron chi connectivity index (χ4n) is 5.79. The second-order valence-corrected chi connectivity index (χ2v) is 10.4. The number of allylic oxidation sites excluding steroid dienone is 6. The largest absolute Gasteiger partial charge is 0.405 e. The molecule has 0 saturated heterocycles. The molecule has 0 spiro atoms. The molecule has 0 saturated carbocycles. The predicted octanol–water partition coefficient (Wildman–Crippen LogP) is 10.4. The lowest BCUT2D eigenvalue weighted by Crippen LogP contribution is -1.97. The zero-order valence-electron chi connectivity index (χ0n) is 23.6. The third-order valence-electron chi connectivity index (χ3n) is 7.84. The Balaban J connectivity index is 1.61. The van der Waals surface area contributed by atoms with Crippen LogP contribution in [0.4, 0.5) is 0 Å². The number of hydrogen-bond acceptors (Lipinski definition) is 2. The van der Waals surface area contributed by atoms with Crippen molar-refractivity contribution in [1.29, 1.82) is 5.41 Å². The Hall–Kier alpha value is -5.47. The van der Waals surface area contributed by atoms with Gasteiger partial charge in [0.1, 0.15) is 0 Å². The molecule has 0 amide bonds. The first-order valence-corrected chi connectivity index (χ1v) is 14.1. The Kier molecular flexibility index (Phi) is 7.36. The highest BCUT2D eigenvalue weighted by molar-refractivity contribution is 6.23.